The highest BCUT2D eigenvalue weighted by atomic mass is 16.1. The molecule has 3 heteroatoms. The highest BCUT2D eigenvalue weighted by molar-refractivity contribution is 5.81. The first kappa shape index (κ1) is 11.9. The lowest BCUT2D eigenvalue weighted by Gasteiger charge is -1.99. The molecule has 60 valence electrons. The van der Waals surface area contributed by atoms with Crippen LogP contribution in [-0.2, 0) is 4.79 Å². The monoisotopic (exact) mass is 144 g/mol. The molecule has 0 aromatic carbocycles. The fraction of sp³-hybridized carbons (Fsp3) is 0.714. The number of aliphatic imine (C=N–C) groups is 1. The third kappa shape index (κ3) is 15.7. The van der Waals surface area contributed by atoms with Crippen molar-refractivity contribution >= 4 is 12.2 Å². The Balaban J connectivity index is 0. The molecule has 0 aliphatic carbocycles. The number of carbonyl (C=O) groups is 1. The van der Waals surface area contributed by atoms with Crippen LogP contribution >= 0.6 is 0 Å². The van der Waals surface area contributed by atoms with E-state index in [1.165, 1.54) is 13.3 Å². The number of hydrogen-bond acceptors (Lipinski definition) is 1. The van der Waals surface area contributed by atoms with Crippen LogP contribution in [0.2, 0.25) is 0 Å². The van der Waals surface area contributed by atoms with Crippen molar-refractivity contribution in [3.63, 3.8) is 0 Å². The normalized spacial score (nSPS) is 8.50. The Labute approximate surface area is 62.8 Å². The summed E-state index contributed by atoms with van der Waals surface area (Å²) in [5, 5.41) is 0. The minimum atomic E-state index is -0.168. The Morgan fingerprint density at radius 1 is 1.40 bits per heavy atom. The van der Waals surface area contributed by atoms with E-state index < -0.39 is 0 Å². The molecule has 0 saturated carbocycles. The third-order valence-electron chi connectivity index (χ3n) is 0.470. The van der Waals surface area contributed by atoms with Gasteiger partial charge in [0.1, 0.15) is 0 Å². The molecule has 0 fully saturated rings. The molecule has 0 radical (unpaired) electrons. The van der Waals surface area contributed by atoms with E-state index in [1.807, 2.05) is 27.9 Å². The van der Waals surface area contributed by atoms with Crippen molar-refractivity contribution in [1.29, 1.82) is 0 Å². The lowest BCUT2D eigenvalue weighted by atomic mass is 10.7. The maximum Gasteiger partial charge on any atom is 0.243 e. The van der Waals surface area contributed by atoms with Crippen molar-refractivity contribution in [3.05, 3.63) is 0 Å². The quantitative estimate of drug-likeness (QED) is 0.408. The van der Waals surface area contributed by atoms with Crippen molar-refractivity contribution in [2.24, 2.45) is 4.99 Å². The molecular weight excluding hydrogens is 128 g/mol. The highest BCUT2D eigenvalue weighted by Gasteiger charge is 1.80. The van der Waals surface area contributed by atoms with Crippen LogP contribution in [0.4, 0.5) is 0 Å². The standard InChI is InChI=1S/C5H10N2O.C2H6/c1-5(8)6-4-7(2)3;1-2/h4H,1-3H3;1-2H3. The summed E-state index contributed by atoms with van der Waals surface area (Å²) in [4.78, 5) is 15.3. The van der Waals surface area contributed by atoms with E-state index in [4.69, 9.17) is 0 Å². The van der Waals surface area contributed by atoms with Gasteiger partial charge in [0.2, 0.25) is 5.91 Å². The van der Waals surface area contributed by atoms with Crippen molar-refractivity contribution in [2.45, 2.75) is 20.8 Å². The van der Waals surface area contributed by atoms with E-state index in [0.717, 1.165) is 0 Å². The van der Waals surface area contributed by atoms with E-state index in [9.17, 15) is 4.79 Å². The largest absolute Gasteiger partial charge is 0.369 e. The molecule has 0 aromatic heterocycles. The molecule has 0 rings (SSSR count). The summed E-state index contributed by atoms with van der Waals surface area (Å²) in [6.07, 6.45) is 1.47. The molecule has 0 spiro atoms. The van der Waals surface area contributed by atoms with Crippen LogP contribution < -0.4 is 0 Å². The fourth-order valence-corrected chi connectivity index (χ4v) is 0.197. The van der Waals surface area contributed by atoms with E-state index >= 15 is 0 Å². The lowest BCUT2D eigenvalue weighted by molar-refractivity contribution is -0.115. The van der Waals surface area contributed by atoms with E-state index in [0.29, 0.717) is 0 Å². The molecule has 3 nitrogen and oxygen atoms in total. The maximum atomic E-state index is 10.1. The average molecular weight is 144 g/mol. The molecule has 0 N–H and O–H groups in total. The SMILES string of the molecule is CC.CC(=O)N=CN(C)C. The predicted octanol–water partition coefficient (Wildman–Crippen LogP) is 1.15. The number of carbonyl (C=O) groups excluding carboxylic acids is 1. The summed E-state index contributed by atoms with van der Waals surface area (Å²) in [5.41, 5.74) is 0. The summed E-state index contributed by atoms with van der Waals surface area (Å²) in [7, 11) is 3.62. The summed E-state index contributed by atoms with van der Waals surface area (Å²) < 4.78 is 0. The van der Waals surface area contributed by atoms with Crippen LogP contribution in [-0.4, -0.2) is 31.2 Å². The van der Waals surface area contributed by atoms with Gasteiger partial charge in [0.05, 0.1) is 6.34 Å². The second-order valence-electron chi connectivity index (χ2n) is 1.73. The maximum absolute atomic E-state index is 10.1. The molecule has 1 amide bonds. The zero-order chi connectivity index (χ0) is 8.57. The van der Waals surface area contributed by atoms with Gasteiger partial charge in [0.15, 0.2) is 0 Å². The third-order valence-corrected chi connectivity index (χ3v) is 0.470. The fourth-order valence-electron chi connectivity index (χ4n) is 0.197. The molecule has 0 aliphatic rings. The Kier molecular flexibility index (Phi) is 9.67. The Bertz CT molecular complexity index is 108. The van der Waals surface area contributed by atoms with Gasteiger partial charge >= 0.3 is 0 Å². The molecular formula is C7H16N2O. The topological polar surface area (TPSA) is 32.7 Å². The van der Waals surface area contributed by atoms with Gasteiger partial charge in [-0.3, -0.25) is 4.79 Å². The van der Waals surface area contributed by atoms with Crippen molar-refractivity contribution in [3.8, 4) is 0 Å². The minimum absolute atomic E-state index is 0.168. The number of amides is 1. The zero-order valence-corrected chi connectivity index (χ0v) is 7.38. The van der Waals surface area contributed by atoms with Gasteiger partial charge in [0, 0.05) is 21.0 Å². The van der Waals surface area contributed by atoms with E-state index in [1.54, 1.807) is 4.90 Å². The summed E-state index contributed by atoms with van der Waals surface area (Å²) in [6.45, 7) is 5.42. The number of hydrogen-bond donors (Lipinski definition) is 0. The molecule has 0 saturated heterocycles. The summed E-state index contributed by atoms with van der Waals surface area (Å²) in [5.74, 6) is -0.168. The van der Waals surface area contributed by atoms with Gasteiger partial charge < -0.3 is 4.90 Å². The van der Waals surface area contributed by atoms with Gasteiger partial charge in [-0.2, -0.15) is 0 Å². The minimum Gasteiger partial charge on any atom is -0.369 e. The van der Waals surface area contributed by atoms with E-state index in [-0.39, 0.29) is 5.91 Å². The van der Waals surface area contributed by atoms with Crippen LogP contribution in [0.3, 0.4) is 0 Å². The first-order valence-electron chi connectivity index (χ1n) is 3.34. The average Bonchev–Trinajstić information content (AvgIpc) is 1.89. The van der Waals surface area contributed by atoms with E-state index in [2.05, 4.69) is 4.99 Å². The molecule has 0 bridgehead atoms. The Morgan fingerprint density at radius 2 is 1.80 bits per heavy atom. The van der Waals surface area contributed by atoms with Gasteiger partial charge in [-0.05, 0) is 0 Å². The molecule has 10 heavy (non-hydrogen) atoms. The van der Waals surface area contributed by atoms with Crippen LogP contribution in [0.15, 0.2) is 4.99 Å². The predicted molar refractivity (Wildman–Crippen MR) is 44.2 cm³/mol. The Morgan fingerprint density at radius 3 is 1.90 bits per heavy atom. The van der Waals surface area contributed by atoms with Crippen LogP contribution in [0, 0.1) is 0 Å². The molecule has 0 heterocycles. The summed E-state index contributed by atoms with van der Waals surface area (Å²) >= 11 is 0. The van der Waals surface area contributed by atoms with Gasteiger partial charge in [-0.25, -0.2) is 4.99 Å². The smallest absolute Gasteiger partial charge is 0.243 e. The highest BCUT2D eigenvalue weighted by Crippen LogP contribution is 1.69. The van der Waals surface area contributed by atoms with Crippen molar-refractivity contribution in [1.82, 2.24) is 4.90 Å². The van der Waals surface area contributed by atoms with Gasteiger partial charge in [0.25, 0.3) is 0 Å². The first-order valence-corrected chi connectivity index (χ1v) is 3.34. The van der Waals surface area contributed by atoms with Crippen LogP contribution in [0.5, 0.6) is 0 Å². The first-order chi connectivity index (χ1) is 4.63. The molecule has 0 atom stereocenters. The van der Waals surface area contributed by atoms with Crippen molar-refractivity contribution in [2.75, 3.05) is 14.1 Å². The molecule has 0 aromatic rings. The number of nitrogens with zero attached hydrogens (tertiary/aromatic N) is 2. The second-order valence-corrected chi connectivity index (χ2v) is 1.73. The van der Waals surface area contributed by atoms with Crippen LogP contribution in [0.25, 0.3) is 0 Å². The second kappa shape index (κ2) is 8.14. The molecule has 0 aliphatic heterocycles. The van der Waals surface area contributed by atoms with Crippen molar-refractivity contribution < 1.29 is 4.79 Å². The van der Waals surface area contributed by atoms with Crippen LogP contribution in [0.1, 0.15) is 20.8 Å². The summed E-state index contributed by atoms with van der Waals surface area (Å²) in [6, 6.07) is 0. The lowest BCUT2D eigenvalue weighted by Crippen LogP contribution is -2.08. The molecule has 0 unspecified atom stereocenters. The van der Waals surface area contributed by atoms with Gasteiger partial charge in [-0.15, -0.1) is 0 Å². The Hall–Kier alpha value is -0.860. The zero-order valence-electron chi connectivity index (χ0n) is 7.38. The van der Waals surface area contributed by atoms with Gasteiger partial charge in [-0.1, -0.05) is 13.8 Å². The number of rotatable bonds is 1.